The van der Waals surface area contributed by atoms with E-state index < -0.39 is 28.5 Å². The minimum Gasteiger partial charge on any atom is -0.352 e. The van der Waals surface area contributed by atoms with Gasteiger partial charge in [-0.2, -0.15) is 0 Å². The molecule has 0 saturated heterocycles. The summed E-state index contributed by atoms with van der Waals surface area (Å²) >= 11 is 6.22. The van der Waals surface area contributed by atoms with Gasteiger partial charge in [-0.1, -0.05) is 90.0 Å². The molecular weight excluding hydrogens is 594 g/mol. The van der Waals surface area contributed by atoms with Gasteiger partial charge in [0.2, 0.25) is 11.8 Å². The molecule has 7 nitrogen and oxygen atoms in total. The number of halogens is 1. The molecule has 0 heterocycles. The fourth-order valence-electron chi connectivity index (χ4n) is 4.96. The molecule has 0 aliphatic heterocycles. The van der Waals surface area contributed by atoms with Gasteiger partial charge in [0.15, 0.2) is 0 Å². The summed E-state index contributed by atoms with van der Waals surface area (Å²) in [6.07, 6.45) is 0.253. The van der Waals surface area contributed by atoms with Gasteiger partial charge in [-0.05, 0) is 74.7 Å². The van der Waals surface area contributed by atoms with E-state index in [0.717, 1.165) is 21.0 Å². The van der Waals surface area contributed by atoms with Crippen molar-refractivity contribution in [2.75, 3.05) is 10.8 Å². The van der Waals surface area contributed by atoms with Gasteiger partial charge in [-0.15, -0.1) is 0 Å². The second-order valence-corrected chi connectivity index (χ2v) is 13.4. The first-order chi connectivity index (χ1) is 21.0. The van der Waals surface area contributed by atoms with E-state index in [-0.39, 0.29) is 29.8 Å². The van der Waals surface area contributed by atoms with Crippen molar-refractivity contribution in [3.05, 3.63) is 130 Å². The first-order valence-electron chi connectivity index (χ1n) is 14.5. The van der Waals surface area contributed by atoms with Crippen molar-refractivity contribution in [3.63, 3.8) is 0 Å². The van der Waals surface area contributed by atoms with E-state index in [2.05, 4.69) is 5.32 Å². The average molecular weight is 632 g/mol. The zero-order valence-corrected chi connectivity index (χ0v) is 27.0. The van der Waals surface area contributed by atoms with E-state index >= 15 is 0 Å². The molecule has 0 fully saturated rings. The Hall–Kier alpha value is -4.14. The Balaban J connectivity index is 1.81. The monoisotopic (exact) mass is 631 g/mol. The SMILES string of the molecule is Cc1ccc(S(=O)(=O)N(CC(=O)N(Cc2ccccc2)[C@@H](Cc2ccccc2)C(=O)NC(C)C)c2ccc(Cl)cc2C)cc1. The third-order valence-corrected chi connectivity index (χ3v) is 9.22. The first kappa shape index (κ1) is 32.8. The third-order valence-electron chi connectivity index (χ3n) is 7.21. The molecule has 1 atom stereocenters. The molecule has 0 bridgehead atoms. The molecule has 0 spiro atoms. The van der Waals surface area contributed by atoms with Crippen molar-refractivity contribution < 1.29 is 18.0 Å². The molecule has 230 valence electrons. The molecular formula is C35H38ClN3O4S. The quantitative estimate of drug-likeness (QED) is 0.198. The maximum Gasteiger partial charge on any atom is 0.264 e. The minimum atomic E-state index is -4.19. The Morgan fingerprint density at radius 1 is 0.818 bits per heavy atom. The van der Waals surface area contributed by atoms with Gasteiger partial charge in [0.1, 0.15) is 12.6 Å². The van der Waals surface area contributed by atoms with Crippen LogP contribution >= 0.6 is 11.6 Å². The number of carbonyl (C=O) groups excluding carboxylic acids is 2. The summed E-state index contributed by atoms with van der Waals surface area (Å²) in [6, 6.07) is 29.1. The largest absolute Gasteiger partial charge is 0.352 e. The lowest BCUT2D eigenvalue weighted by Crippen LogP contribution is -2.54. The summed E-state index contributed by atoms with van der Waals surface area (Å²) < 4.78 is 29.5. The van der Waals surface area contributed by atoms with Gasteiger partial charge in [0.05, 0.1) is 10.6 Å². The number of hydrogen-bond acceptors (Lipinski definition) is 4. The van der Waals surface area contributed by atoms with E-state index in [1.54, 1.807) is 37.3 Å². The molecule has 9 heteroatoms. The molecule has 44 heavy (non-hydrogen) atoms. The zero-order valence-electron chi connectivity index (χ0n) is 25.4. The molecule has 2 amide bonds. The van der Waals surface area contributed by atoms with Crippen LogP contribution in [0.4, 0.5) is 5.69 Å². The molecule has 0 aliphatic carbocycles. The van der Waals surface area contributed by atoms with Gasteiger partial charge in [-0.25, -0.2) is 8.42 Å². The normalized spacial score (nSPS) is 12.0. The maximum atomic E-state index is 14.5. The fourth-order valence-corrected chi connectivity index (χ4v) is 6.67. The summed E-state index contributed by atoms with van der Waals surface area (Å²) in [6.45, 7) is 6.93. The van der Waals surface area contributed by atoms with E-state index in [4.69, 9.17) is 11.6 Å². The van der Waals surface area contributed by atoms with Crippen molar-refractivity contribution in [1.29, 1.82) is 0 Å². The number of carbonyl (C=O) groups is 2. The predicted molar refractivity (Wildman–Crippen MR) is 176 cm³/mol. The van der Waals surface area contributed by atoms with Crippen molar-refractivity contribution in [1.82, 2.24) is 10.2 Å². The van der Waals surface area contributed by atoms with Crippen LogP contribution in [-0.4, -0.2) is 43.8 Å². The molecule has 4 aromatic rings. The zero-order chi connectivity index (χ0) is 31.9. The standard InChI is InChI=1S/C35H38ClN3O4S/c1-25(2)37-35(41)33(22-28-11-7-5-8-12-28)38(23-29-13-9-6-10-14-29)34(40)24-39(32-20-17-30(36)21-27(32)4)44(42,43)31-18-15-26(3)16-19-31/h5-21,25,33H,22-24H2,1-4H3,(H,37,41)/t33-/m0/s1. The average Bonchev–Trinajstić information content (AvgIpc) is 2.99. The van der Waals surface area contributed by atoms with Crippen LogP contribution in [-0.2, 0) is 32.6 Å². The molecule has 0 aromatic heterocycles. The van der Waals surface area contributed by atoms with Crippen molar-refractivity contribution in [3.8, 4) is 0 Å². The van der Waals surface area contributed by atoms with Crippen LogP contribution in [0.25, 0.3) is 0 Å². The lowest BCUT2D eigenvalue weighted by molar-refractivity contribution is -0.140. The van der Waals surface area contributed by atoms with Gasteiger partial charge in [0.25, 0.3) is 10.0 Å². The number of nitrogens with zero attached hydrogens (tertiary/aromatic N) is 2. The number of sulfonamides is 1. The van der Waals surface area contributed by atoms with Crippen molar-refractivity contribution in [2.45, 2.75) is 57.6 Å². The number of amides is 2. The van der Waals surface area contributed by atoms with Crippen LogP contribution in [0.3, 0.4) is 0 Å². The Bertz CT molecular complexity index is 1680. The van der Waals surface area contributed by atoms with Crippen LogP contribution < -0.4 is 9.62 Å². The van der Waals surface area contributed by atoms with Crippen molar-refractivity contribution in [2.24, 2.45) is 0 Å². The molecule has 0 radical (unpaired) electrons. The summed E-state index contributed by atoms with van der Waals surface area (Å²) in [4.78, 5) is 29.8. The van der Waals surface area contributed by atoms with E-state index in [1.165, 1.54) is 17.0 Å². The Kier molecular flexibility index (Phi) is 10.8. The second kappa shape index (κ2) is 14.6. The van der Waals surface area contributed by atoms with Gasteiger partial charge in [0, 0.05) is 24.0 Å². The summed E-state index contributed by atoms with van der Waals surface area (Å²) in [5, 5.41) is 3.41. The topological polar surface area (TPSA) is 86.8 Å². The molecule has 0 saturated carbocycles. The summed E-state index contributed by atoms with van der Waals surface area (Å²) in [5.41, 5.74) is 3.51. The number of nitrogens with one attached hydrogen (secondary N) is 1. The van der Waals surface area contributed by atoms with Crippen LogP contribution in [0.5, 0.6) is 0 Å². The van der Waals surface area contributed by atoms with Gasteiger partial charge >= 0.3 is 0 Å². The summed E-state index contributed by atoms with van der Waals surface area (Å²) in [7, 11) is -4.19. The van der Waals surface area contributed by atoms with Gasteiger partial charge < -0.3 is 10.2 Å². The number of aryl methyl sites for hydroxylation is 2. The van der Waals surface area contributed by atoms with Gasteiger partial charge in [-0.3, -0.25) is 13.9 Å². The molecule has 0 aliphatic rings. The Labute approximate surface area is 265 Å². The highest BCUT2D eigenvalue weighted by Crippen LogP contribution is 2.30. The summed E-state index contributed by atoms with van der Waals surface area (Å²) in [5.74, 6) is -0.831. The number of hydrogen-bond donors (Lipinski definition) is 1. The third kappa shape index (κ3) is 8.27. The lowest BCUT2D eigenvalue weighted by Gasteiger charge is -2.34. The lowest BCUT2D eigenvalue weighted by atomic mass is 10.0. The van der Waals surface area contributed by atoms with Crippen molar-refractivity contribution >= 4 is 39.1 Å². The molecule has 4 aromatic carbocycles. The number of anilines is 1. The molecule has 1 N–H and O–H groups in total. The number of benzene rings is 4. The second-order valence-electron chi connectivity index (χ2n) is 11.1. The smallest absolute Gasteiger partial charge is 0.264 e. The molecule has 4 rings (SSSR count). The highest BCUT2D eigenvalue weighted by atomic mass is 35.5. The maximum absolute atomic E-state index is 14.5. The van der Waals surface area contributed by atoms with Crippen LogP contribution in [0.15, 0.2) is 108 Å². The van der Waals surface area contributed by atoms with E-state index in [9.17, 15) is 18.0 Å². The van der Waals surface area contributed by atoms with Crippen LogP contribution in [0.2, 0.25) is 5.02 Å². The number of rotatable bonds is 12. The highest BCUT2D eigenvalue weighted by molar-refractivity contribution is 7.92. The highest BCUT2D eigenvalue weighted by Gasteiger charge is 2.35. The van der Waals surface area contributed by atoms with E-state index in [1.807, 2.05) is 81.4 Å². The predicted octanol–water partition coefficient (Wildman–Crippen LogP) is 6.32. The Morgan fingerprint density at radius 3 is 1.98 bits per heavy atom. The van der Waals surface area contributed by atoms with E-state index in [0.29, 0.717) is 16.3 Å². The van der Waals surface area contributed by atoms with Crippen LogP contribution in [0.1, 0.15) is 36.1 Å². The molecule has 0 unspecified atom stereocenters. The minimum absolute atomic E-state index is 0.0539. The van der Waals surface area contributed by atoms with Crippen LogP contribution in [0, 0.1) is 13.8 Å². The fraction of sp³-hybridized carbons (Fsp3) is 0.257. The Morgan fingerprint density at radius 2 is 1.41 bits per heavy atom. The first-order valence-corrected chi connectivity index (χ1v) is 16.3.